The smallest absolute Gasteiger partial charge is 0.325 e. The normalized spacial score (nSPS) is 11.6. The number of anilines is 2. The Morgan fingerprint density at radius 3 is 2.57 bits per heavy atom. The Hall–Kier alpha value is -2.13. The zero-order chi connectivity index (χ0) is 16.8. The average Bonchev–Trinajstić information content (AvgIpc) is 2.95. The summed E-state index contributed by atoms with van der Waals surface area (Å²) in [5.74, 6) is -0.336. The zero-order valence-electron chi connectivity index (χ0n) is 12.8. The molecule has 0 saturated carbocycles. The Balaban J connectivity index is 1.89. The molecule has 0 spiro atoms. The summed E-state index contributed by atoms with van der Waals surface area (Å²) in [6.07, 6.45) is 0. The Morgan fingerprint density at radius 1 is 1.22 bits per heavy atom. The standard InChI is InChI=1S/C14H16N4O3S2/c1-8-4-6-10(7-5-8)15-12(20)16-13-17-18-14(23-13)22-9(2)11(19)21-3/h4-7,9H,1-3H3,(H2,15,16,17,20)/t9-/m0/s1. The van der Waals surface area contributed by atoms with E-state index in [1.807, 2.05) is 31.2 Å². The first-order valence-corrected chi connectivity index (χ1v) is 8.40. The van der Waals surface area contributed by atoms with Crippen LogP contribution >= 0.6 is 23.1 Å². The van der Waals surface area contributed by atoms with Crippen LogP contribution in [-0.4, -0.2) is 34.6 Å². The maximum Gasteiger partial charge on any atom is 0.325 e. The number of carbonyl (C=O) groups is 2. The van der Waals surface area contributed by atoms with Gasteiger partial charge in [0.2, 0.25) is 5.13 Å². The average molecular weight is 352 g/mol. The number of aryl methyl sites for hydroxylation is 1. The van der Waals surface area contributed by atoms with Crippen molar-refractivity contribution in [2.24, 2.45) is 0 Å². The fourth-order valence-corrected chi connectivity index (χ4v) is 3.49. The van der Waals surface area contributed by atoms with Gasteiger partial charge < -0.3 is 10.1 Å². The number of methoxy groups -OCH3 is 1. The maximum absolute atomic E-state index is 11.9. The predicted octanol–water partition coefficient (Wildman–Crippen LogP) is 3.14. The van der Waals surface area contributed by atoms with Gasteiger partial charge in [0, 0.05) is 5.69 Å². The number of esters is 1. The maximum atomic E-state index is 11.9. The van der Waals surface area contributed by atoms with Gasteiger partial charge in [-0.1, -0.05) is 40.8 Å². The van der Waals surface area contributed by atoms with Gasteiger partial charge in [0.1, 0.15) is 5.25 Å². The molecule has 2 rings (SSSR count). The molecule has 0 saturated heterocycles. The van der Waals surface area contributed by atoms with E-state index in [0.29, 0.717) is 15.2 Å². The van der Waals surface area contributed by atoms with Crippen LogP contribution in [0.25, 0.3) is 0 Å². The first-order valence-electron chi connectivity index (χ1n) is 6.70. The third-order valence-corrected chi connectivity index (χ3v) is 4.75. The van der Waals surface area contributed by atoms with Crippen LogP contribution in [0.2, 0.25) is 0 Å². The minimum absolute atomic E-state index is 0.336. The van der Waals surface area contributed by atoms with E-state index in [4.69, 9.17) is 0 Å². The second kappa shape index (κ2) is 7.93. The molecule has 1 atom stereocenters. The lowest BCUT2D eigenvalue weighted by atomic mass is 10.2. The molecule has 0 fully saturated rings. The molecule has 2 aromatic rings. The number of rotatable bonds is 5. The molecule has 0 aliphatic heterocycles. The molecule has 1 heterocycles. The molecule has 23 heavy (non-hydrogen) atoms. The number of thioether (sulfide) groups is 1. The van der Waals surface area contributed by atoms with Crippen molar-refractivity contribution in [2.75, 3.05) is 17.7 Å². The molecule has 2 amide bonds. The quantitative estimate of drug-likeness (QED) is 0.488. The predicted molar refractivity (Wildman–Crippen MR) is 91.1 cm³/mol. The number of ether oxygens (including phenoxy) is 1. The van der Waals surface area contributed by atoms with Gasteiger partial charge in [-0.15, -0.1) is 10.2 Å². The summed E-state index contributed by atoms with van der Waals surface area (Å²) in [6, 6.07) is 7.04. The van der Waals surface area contributed by atoms with Crippen LogP contribution in [0.5, 0.6) is 0 Å². The van der Waals surface area contributed by atoms with E-state index in [1.165, 1.54) is 30.2 Å². The molecule has 0 aliphatic carbocycles. The fourth-order valence-electron chi connectivity index (χ4n) is 1.57. The number of nitrogens with zero attached hydrogens (tertiary/aromatic N) is 2. The minimum atomic E-state index is -0.400. The number of hydrogen-bond acceptors (Lipinski definition) is 7. The van der Waals surface area contributed by atoms with Crippen molar-refractivity contribution >= 4 is 45.9 Å². The number of amides is 2. The second-order valence-corrected chi connectivity index (χ2v) is 7.17. The Morgan fingerprint density at radius 2 is 1.91 bits per heavy atom. The lowest BCUT2D eigenvalue weighted by Gasteiger charge is -2.05. The van der Waals surface area contributed by atoms with Gasteiger partial charge in [-0.25, -0.2) is 4.79 Å². The summed E-state index contributed by atoms with van der Waals surface area (Å²) in [4.78, 5) is 23.3. The Labute approximate surface area is 141 Å². The monoisotopic (exact) mass is 352 g/mol. The summed E-state index contributed by atoms with van der Waals surface area (Å²) in [5.41, 5.74) is 1.80. The summed E-state index contributed by atoms with van der Waals surface area (Å²) in [6.45, 7) is 3.69. The number of hydrogen-bond donors (Lipinski definition) is 2. The van der Waals surface area contributed by atoms with Crippen molar-refractivity contribution in [3.05, 3.63) is 29.8 Å². The zero-order valence-corrected chi connectivity index (χ0v) is 14.5. The van der Waals surface area contributed by atoms with E-state index in [9.17, 15) is 9.59 Å². The number of aromatic nitrogens is 2. The topological polar surface area (TPSA) is 93.2 Å². The van der Waals surface area contributed by atoms with Gasteiger partial charge >= 0.3 is 12.0 Å². The van der Waals surface area contributed by atoms with E-state index in [2.05, 4.69) is 25.6 Å². The molecule has 2 N–H and O–H groups in total. The van der Waals surface area contributed by atoms with Crippen LogP contribution in [0.15, 0.2) is 28.6 Å². The van der Waals surface area contributed by atoms with Gasteiger partial charge in [-0.05, 0) is 26.0 Å². The van der Waals surface area contributed by atoms with Crippen molar-refractivity contribution in [1.29, 1.82) is 0 Å². The van der Waals surface area contributed by atoms with Crippen LogP contribution in [-0.2, 0) is 9.53 Å². The lowest BCUT2D eigenvalue weighted by molar-refractivity contribution is -0.139. The van der Waals surface area contributed by atoms with Crippen molar-refractivity contribution in [3.8, 4) is 0 Å². The summed E-state index contributed by atoms with van der Waals surface area (Å²) >= 11 is 2.42. The van der Waals surface area contributed by atoms with E-state index in [-0.39, 0.29) is 11.2 Å². The number of carbonyl (C=O) groups excluding carboxylic acids is 2. The molecule has 0 bridgehead atoms. The van der Waals surface area contributed by atoms with Crippen molar-refractivity contribution in [3.63, 3.8) is 0 Å². The SMILES string of the molecule is COC(=O)[C@H](C)Sc1nnc(NC(=O)Nc2ccc(C)cc2)s1. The molecule has 9 heteroatoms. The molecule has 0 aliphatic rings. The molecule has 1 aromatic carbocycles. The van der Waals surface area contributed by atoms with Gasteiger partial charge in [0.15, 0.2) is 4.34 Å². The van der Waals surface area contributed by atoms with Gasteiger partial charge in [0.05, 0.1) is 7.11 Å². The molecule has 7 nitrogen and oxygen atoms in total. The third kappa shape index (κ3) is 5.22. The molecular formula is C14H16N4O3S2. The van der Waals surface area contributed by atoms with Crippen LogP contribution in [0.3, 0.4) is 0 Å². The number of urea groups is 1. The van der Waals surface area contributed by atoms with E-state index in [1.54, 1.807) is 6.92 Å². The highest BCUT2D eigenvalue weighted by Crippen LogP contribution is 2.29. The molecule has 0 radical (unpaired) electrons. The Bertz CT molecular complexity index is 688. The fraction of sp³-hybridized carbons (Fsp3) is 0.286. The first-order chi connectivity index (χ1) is 11.0. The van der Waals surface area contributed by atoms with Gasteiger partial charge in [-0.3, -0.25) is 10.1 Å². The largest absolute Gasteiger partial charge is 0.468 e. The minimum Gasteiger partial charge on any atom is -0.468 e. The molecule has 122 valence electrons. The van der Waals surface area contributed by atoms with Crippen molar-refractivity contribution in [1.82, 2.24) is 10.2 Å². The van der Waals surface area contributed by atoms with Gasteiger partial charge in [0.25, 0.3) is 0 Å². The van der Waals surface area contributed by atoms with Gasteiger partial charge in [-0.2, -0.15) is 0 Å². The van der Waals surface area contributed by atoms with Crippen LogP contribution in [0.1, 0.15) is 12.5 Å². The third-order valence-electron chi connectivity index (χ3n) is 2.75. The molecule has 1 aromatic heterocycles. The summed E-state index contributed by atoms with van der Waals surface area (Å²) in [5, 5.41) is 13.1. The van der Waals surface area contributed by atoms with Crippen LogP contribution in [0.4, 0.5) is 15.6 Å². The highest BCUT2D eigenvalue weighted by atomic mass is 32.2. The Kier molecular flexibility index (Phi) is 5.94. The lowest BCUT2D eigenvalue weighted by Crippen LogP contribution is -2.19. The highest BCUT2D eigenvalue weighted by Gasteiger charge is 2.18. The van der Waals surface area contributed by atoms with Crippen molar-refractivity contribution in [2.45, 2.75) is 23.4 Å². The summed E-state index contributed by atoms with van der Waals surface area (Å²) < 4.78 is 5.22. The van der Waals surface area contributed by atoms with E-state index in [0.717, 1.165) is 5.56 Å². The van der Waals surface area contributed by atoms with Crippen LogP contribution < -0.4 is 10.6 Å². The molecule has 0 unspecified atom stereocenters. The number of benzene rings is 1. The van der Waals surface area contributed by atoms with E-state index >= 15 is 0 Å². The first kappa shape index (κ1) is 17.2. The summed E-state index contributed by atoms with van der Waals surface area (Å²) in [7, 11) is 1.34. The van der Waals surface area contributed by atoms with E-state index < -0.39 is 6.03 Å². The van der Waals surface area contributed by atoms with Crippen molar-refractivity contribution < 1.29 is 14.3 Å². The highest BCUT2D eigenvalue weighted by molar-refractivity contribution is 8.02. The van der Waals surface area contributed by atoms with Crippen LogP contribution in [0, 0.1) is 6.92 Å². The number of nitrogens with one attached hydrogen (secondary N) is 2. The molecular weight excluding hydrogens is 336 g/mol. The second-order valence-electron chi connectivity index (χ2n) is 4.60.